The van der Waals surface area contributed by atoms with Gasteiger partial charge in [-0.15, -0.1) is 13.2 Å². The highest BCUT2D eigenvalue weighted by Crippen LogP contribution is 2.29. The number of benzene rings is 2. The van der Waals surface area contributed by atoms with Gasteiger partial charge in [0.15, 0.2) is 5.11 Å². The minimum atomic E-state index is -4.69. The summed E-state index contributed by atoms with van der Waals surface area (Å²) in [6.07, 6.45) is -1.56. The Kier molecular flexibility index (Phi) is 5.13. The van der Waals surface area contributed by atoms with Crippen LogP contribution in [0.5, 0.6) is 5.75 Å². The van der Waals surface area contributed by atoms with E-state index in [1.807, 2.05) is 12.1 Å². The number of halogens is 3. The predicted molar refractivity (Wildman–Crippen MR) is 94.6 cm³/mol. The third-order valence-electron chi connectivity index (χ3n) is 4.02. The van der Waals surface area contributed by atoms with Crippen LogP contribution in [0.1, 0.15) is 30.0 Å². The fourth-order valence-corrected chi connectivity index (χ4v) is 3.23. The Morgan fingerprint density at radius 3 is 2.52 bits per heavy atom. The summed E-state index contributed by atoms with van der Waals surface area (Å²) in [5.41, 5.74) is 3.16. The smallest absolute Gasteiger partial charge is 0.406 e. The normalized spacial score (nSPS) is 16.7. The lowest BCUT2D eigenvalue weighted by Crippen LogP contribution is -2.34. The Labute approximate surface area is 149 Å². The van der Waals surface area contributed by atoms with E-state index >= 15 is 0 Å². The number of aryl methyl sites for hydroxylation is 1. The predicted octanol–water partition coefficient (Wildman–Crippen LogP) is 4.95. The minimum Gasteiger partial charge on any atom is -0.406 e. The van der Waals surface area contributed by atoms with E-state index in [0.29, 0.717) is 10.8 Å². The maximum absolute atomic E-state index is 12.2. The lowest BCUT2D eigenvalue weighted by Gasteiger charge is -2.27. The van der Waals surface area contributed by atoms with Crippen molar-refractivity contribution in [2.24, 2.45) is 0 Å². The van der Waals surface area contributed by atoms with Gasteiger partial charge in [-0.3, -0.25) is 0 Å². The number of hydrogen-bond donors (Lipinski definition) is 2. The van der Waals surface area contributed by atoms with Crippen LogP contribution in [0.2, 0.25) is 0 Å². The van der Waals surface area contributed by atoms with Gasteiger partial charge in [-0.2, -0.15) is 0 Å². The Bertz CT molecular complexity index is 747. The molecule has 2 N–H and O–H groups in total. The van der Waals surface area contributed by atoms with E-state index in [4.69, 9.17) is 12.2 Å². The van der Waals surface area contributed by atoms with Crippen LogP contribution < -0.4 is 15.4 Å². The number of anilines is 1. The summed E-state index contributed by atoms with van der Waals surface area (Å²) in [7, 11) is 0. The van der Waals surface area contributed by atoms with Gasteiger partial charge >= 0.3 is 6.36 Å². The minimum absolute atomic E-state index is 0.137. The van der Waals surface area contributed by atoms with Gasteiger partial charge in [0.1, 0.15) is 5.75 Å². The fourth-order valence-electron chi connectivity index (χ4n) is 2.97. The van der Waals surface area contributed by atoms with Crippen LogP contribution in [-0.2, 0) is 6.42 Å². The molecule has 0 amide bonds. The molecule has 0 aliphatic heterocycles. The molecule has 1 atom stereocenters. The molecular formula is C18H17F3N2OS. The molecule has 1 aliphatic rings. The van der Waals surface area contributed by atoms with E-state index in [1.165, 1.54) is 35.4 Å². The number of hydrogen-bond acceptors (Lipinski definition) is 2. The van der Waals surface area contributed by atoms with E-state index in [0.717, 1.165) is 19.3 Å². The van der Waals surface area contributed by atoms with E-state index in [2.05, 4.69) is 27.5 Å². The largest absolute Gasteiger partial charge is 0.573 e. The monoisotopic (exact) mass is 366 g/mol. The lowest BCUT2D eigenvalue weighted by molar-refractivity contribution is -0.274. The van der Waals surface area contributed by atoms with Gasteiger partial charge in [-0.1, -0.05) is 24.3 Å². The van der Waals surface area contributed by atoms with Gasteiger partial charge in [0.05, 0.1) is 6.04 Å². The van der Waals surface area contributed by atoms with E-state index in [-0.39, 0.29) is 11.8 Å². The summed E-state index contributed by atoms with van der Waals surface area (Å²) < 4.78 is 40.3. The second-order valence-electron chi connectivity index (χ2n) is 5.81. The zero-order chi connectivity index (χ0) is 17.9. The zero-order valence-electron chi connectivity index (χ0n) is 13.3. The van der Waals surface area contributed by atoms with E-state index < -0.39 is 6.36 Å². The van der Waals surface area contributed by atoms with Gasteiger partial charge in [-0.25, -0.2) is 0 Å². The molecule has 2 aromatic rings. The molecule has 2 aromatic carbocycles. The van der Waals surface area contributed by atoms with Gasteiger partial charge in [0, 0.05) is 5.69 Å². The standard InChI is InChI=1S/C18H17F3N2OS/c19-18(20,21)24-14-10-8-13(9-11-14)22-17(25)23-16-7-3-5-12-4-1-2-6-15(12)16/h1-2,4,6,8-11,16H,3,5,7H2,(H2,22,23,25)/t16-/m1/s1. The summed E-state index contributed by atoms with van der Waals surface area (Å²) >= 11 is 5.33. The third-order valence-corrected chi connectivity index (χ3v) is 4.24. The molecule has 3 nitrogen and oxygen atoms in total. The van der Waals surface area contributed by atoms with Crippen LogP contribution >= 0.6 is 12.2 Å². The number of alkyl halides is 3. The summed E-state index contributed by atoms with van der Waals surface area (Å²) in [6.45, 7) is 0. The van der Waals surface area contributed by atoms with Crippen molar-refractivity contribution < 1.29 is 17.9 Å². The van der Waals surface area contributed by atoms with Crippen molar-refractivity contribution in [3.63, 3.8) is 0 Å². The van der Waals surface area contributed by atoms with Crippen molar-refractivity contribution in [3.8, 4) is 5.75 Å². The molecule has 0 bridgehead atoms. The van der Waals surface area contributed by atoms with Crippen molar-refractivity contribution in [3.05, 3.63) is 59.7 Å². The molecule has 1 aliphatic carbocycles. The summed E-state index contributed by atoms with van der Waals surface area (Å²) in [6, 6.07) is 13.9. The number of nitrogens with one attached hydrogen (secondary N) is 2. The molecular weight excluding hydrogens is 349 g/mol. The first kappa shape index (κ1) is 17.5. The number of fused-ring (bicyclic) bond motifs is 1. The average molecular weight is 366 g/mol. The lowest BCUT2D eigenvalue weighted by atomic mass is 9.88. The van der Waals surface area contributed by atoms with Crippen LogP contribution in [0, 0.1) is 0 Å². The number of thiocarbonyl (C=S) groups is 1. The van der Waals surface area contributed by atoms with Crippen molar-refractivity contribution in [1.82, 2.24) is 5.32 Å². The first-order valence-corrected chi connectivity index (χ1v) is 8.33. The topological polar surface area (TPSA) is 33.3 Å². The molecule has 7 heteroatoms. The van der Waals surface area contributed by atoms with Crippen molar-refractivity contribution in [2.45, 2.75) is 31.7 Å². The summed E-state index contributed by atoms with van der Waals surface area (Å²) in [5.74, 6) is -0.266. The van der Waals surface area contributed by atoms with Gasteiger partial charge in [0.25, 0.3) is 0 Å². The quantitative estimate of drug-likeness (QED) is 0.753. The Balaban J connectivity index is 1.60. The highest BCUT2D eigenvalue weighted by Gasteiger charge is 2.31. The molecule has 0 saturated carbocycles. The maximum Gasteiger partial charge on any atom is 0.573 e. The molecule has 3 rings (SSSR count). The van der Waals surface area contributed by atoms with E-state index in [9.17, 15) is 13.2 Å². The highest BCUT2D eigenvalue weighted by molar-refractivity contribution is 7.80. The van der Waals surface area contributed by atoms with Crippen LogP contribution in [-0.4, -0.2) is 11.5 Å². The van der Waals surface area contributed by atoms with Crippen LogP contribution in [0.4, 0.5) is 18.9 Å². The van der Waals surface area contributed by atoms with Gasteiger partial charge in [-0.05, 0) is 66.9 Å². The first-order chi connectivity index (χ1) is 11.9. The zero-order valence-corrected chi connectivity index (χ0v) is 14.1. The summed E-state index contributed by atoms with van der Waals surface area (Å²) in [4.78, 5) is 0. The fraction of sp³-hybridized carbons (Fsp3) is 0.278. The highest BCUT2D eigenvalue weighted by atomic mass is 32.1. The molecule has 0 unspecified atom stereocenters. The molecule has 25 heavy (non-hydrogen) atoms. The van der Waals surface area contributed by atoms with Gasteiger partial charge < -0.3 is 15.4 Å². The Hall–Kier alpha value is -2.28. The molecule has 0 spiro atoms. The Morgan fingerprint density at radius 2 is 1.80 bits per heavy atom. The molecule has 0 radical (unpaired) electrons. The second kappa shape index (κ2) is 7.31. The van der Waals surface area contributed by atoms with Crippen LogP contribution in [0.3, 0.4) is 0 Å². The molecule has 0 fully saturated rings. The molecule has 0 aromatic heterocycles. The van der Waals surface area contributed by atoms with E-state index in [1.54, 1.807) is 0 Å². The van der Waals surface area contributed by atoms with Crippen LogP contribution in [0.15, 0.2) is 48.5 Å². The summed E-state index contributed by atoms with van der Waals surface area (Å²) in [5, 5.41) is 6.72. The maximum atomic E-state index is 12.2. The SMILES string of the molecule is FC(F)(F)Oc1ccc(NC(=S)N[C@@H]2CCCc3ccccc32)cc1. The second-order valence-corrected chi connectivity index (χ2v) is 6.22. The van der Waals surface area contributed by atoms with Crippen LogP contribution in [0.25, 0.3) is 0 Å². The van der Waals surface area contributed by atoms with Crippen molar-refractivity contribution >= 4 is 23.0 Å². The first-order valence-electron chi connectivity index (χ1n) is 7.92. The Morgan fingerprint density at radius 1 is 1.08 bits per heavy atom. The molecule has 132 valence electrons. The molecule has 0 heterocycles. The number of rotatable bonds is 3. The third kappa shape index (κ3) is 4.85. The van der Waals surface area contributed by atoms with Crippen molar-refractivity contribution in [2.75, 3.05) is 5.32 Å². The van der Waals surface area contributed by atoms with Gasteiger partial charge in [0.2, 0.25) is 0 Å². The molecule has 0 saturated heterocycles. The number of ether oxygens (including phenoxy) is 1. The average Bonchev–Trinajstić information content (AvgIpc) is 2.56. The van der Waals surface area contributed by atoms with Crippen molar-refractivity contribution in [1.29, 1.82) is 0 Å².